The van der Waals surface area contributed by atoms with E-state index >= 15 is 0 Å². The highest BCUT2D eigenvalue weighted by molar-refractivity contribution is 9.10. The van der Waals surface area contributed by atoms with Crippen LogP contribution in [0.25, 0.3) is 6.08 Å². The summed E-state index contributed by atoms with van der Waals surface area (Å²) in [4.78, 5) is 26.3. The van der Waals surface area contributed by atoms with E-state index in [0.717, 1.165) is 0 Å². The number of ether oxygens (including phenoxy) is 2. The molecule has 0 unspecified atom stereocenters. The van der Waals surface area contributed by atoms with Crippen LogP contribution < -0.4 is 9.64 Å². The molecule has 1 aliphatic heterocycles. The van der Waals surface area contributed by atoms with Crippen molar-refractivity contribution in [1.82, 2.24) is 0 Å². The lowest BCUT2D eigenvalue weighted by Crippen LogP contribution is -2.27. The van der Waals surface area contributed by atoms with Gasteiger partial charge in [-0.15, -0.1) is 0 Å². The molecular formula is C19H14BrNO5S2. The Morgan fingerprint density at radius 3 is 2.54 bits per heavy atom. The maximum absolute atomic E-state index is 12.9. The van der Waals surface area contributed by atoms with E-state index in [9.17, 15) is 14.7 Å². The van der Waals surface area contributed by atoms with Gasteiger partial charge in [-0.2, -0.15) is 0 Å². The van der Waals surface area contributed by atoms with Gasteiger partial charge in [-0.25, -0.2) is 4.79 Å². The first kappa shape index (κ1) is 20.4. The molecule has 2 aromatic carbocycles. The van der Waals surface area contributed by atoms with Crippen LogP contribution >= 0.6 is 39.9 Å². The number of hydrogen-bond donors (Lipinski definition) is 1. The lowest BCUT2D eigenvalue weighted by atomic mass is 10.1. The van der Waals surface area contributed by atoms with Crippen molar-refractivity contribution in [2.24, 2.45) is 0 Å². The minimum atomic E-state index is -0.455. The number of thioether (sulfide) groups is 1. The Morgan fingerprint density at radius 2 is 1.93 bits per heavy atom. The van der Waals surface area contributed by atoms with E-state index in [1.54, 1.807) is 42.5 Å². The summed E-state index contributed by atoms with van der Waals surface area (Å²) in [6, 6.07) is 9.73. The van der Waals surface area contributed by atoms with Gasteiger partial charge in [-0.1, -0.05) is 24.0 Å². The van der Waals surface area contributed by atoms with Crippen molar-refractivity contribution in [3.63, 3.8) is 0 Å². The van der Waals surface area contributed by atoms with Crippen LogP contribution in [0, 0.1) is 0 Å². The number of amides is 1. The number of esters is 1. The number of nitrogens with zero attached hydrogens (tertiary/aromatic N) is 1. The molecule has 0 aliphatic carbocycles. The quantitative estimate of drug-likeness (QED) is 0.396. The number of halogens is 1. The van der Waals surface area contributed by atoms with Gasteiger partial charge < -0.3 is 14.6 Å². The summed E-state index contributed by atoms with van der Waals surface area (Å²) in [5, 5.41) is 9.92. The van der Waals surface area contributed by atoms with Crippen LogP contribution in [0.15, 0.2) is 45.8 Å². The third-order valence-electron chi connectivity index (χ3n) is 3.91. The molecule has 2 aromatic rings. The highest BCUT2D eigenvalue weighted by Gasteiger charge is 2.33. The Morgan fingerprint density at radius 1 is 1.25 bits per heavy atom. The predicted molar refractivity (Wildman–Crippen MR) is 116 cm³/mol. The average molecular weight is 480 g/mol. The fraction of sp³-hybridized carbons (Fsp3) is 0.105. The number of hydrogen-bond acceptors (Lipinski definition) is 7. The van der Waals surface area contributed by atoms with Crippen molar-refractivity contribution in [3.8, 4) is 11.5 Å². The van der Waals surface area contributed by atoms with E-state index in [0.29, 0.717) is 30.5 Å². The topological polar surface area (TPSA) is 76.1 Å². The zero-order chi connectivity index (χ0) is 20.4. The fourth-order valence-corrected chi connectivity index (χ4v) is 4.30. The van der Waals surface area contributed by atoms with Crippen molar-refractivity contribution in [1.29, 1.82) is 0 Å². The molecule has 1 saturated heterocycles. The van der Waals surface area contributed by atoms with Gasteiger partial charge in [0.15, 0.2) is 15.8 Å². The summed E-state index contributed by atoms with van der Waals surface area (Å²) in [7, 11) is 2.75. The summed E-state index contributed by atoms with van der Waals surface area (Å²) in [5.74, 6) is -0.458. The first-order chi connectivity index (χ1) is 13.3. The number of rotatable bonds is 4. The Bertz CT molecular complexity index is 1000. The monoisotopic (exact) mass is 479 g/mol. The zero-order valence-corrected chi connectivity index (χ0v) is 18.0. The molecule has 6 nitrogen and oxygen atoms in total. The molecule has 28 heavy (non-hydrogen) atoms. The molecule has 9 heteroatoms. The molecule has 0 spiro atoms. The van der Waals surface area contributed by atoms with Gasteiger partial charge >= 0.3 is 5.97 Å². The van der Waals surface area contributed by atoms with E-state index in [-0.39, 0.29) is 17.4 Å². The summed E-state index contributed by atoms with van der Waals surface area (Å²) >= 11 is 9.79. The van der Waals surface area contributed by atoms with Gasteiger partial charge in [0.05, 0.1) is 34.8 Å². The lowest BCUT2D eigenvalue weighted by molar-refractivity contribution is -0.113. The number of phenols is 1. The van der Waals surface area contributed by atoms with Crippen molar-refractivity contribution >= 4 is 67.9 Å². The Balaban J connectivity index is 1.91. The number of methoxy groups -OCH3 is 2. The standard InChI is InChI=1S/C19H14BrNO5S2/c1-25-14-8-10(7-13(20)16(14)22)9-15-17(23)21(19(27)28-15)12-5-3-11(4-6-12)18(24)26-2/h3-9,22H,1-2H3/b15-9+. The van der Waals surface area contributed by atoms with Gasteiger partial charge in [0.2, 0.25) is 0 Å². The molecule has 0 bridgehead atoms. The van der Waals surface area contributed by atoms with E-state index in [4.69, 9.17) is 17.0 Å². The SMILES string of the molecule is COC(=O)c1ccc(N2C(=O)/C(=C\c3cc(Br)c(O)c(OC)c3)SC2=S)cc1. The second-order valence-electron chi connectivity index (χ2n) is 5.61. The number of carbonyl (C=O) groups is 2. The normalized spacial score (nSPS) is 15.2. The van der Waals surface area contributed by atoms with Crippen molar-refractivity contribution < 1.29 is 24.2 Å². The minimum Gasteiger partial charge on any atom is -0.503 e. The van der Waals surface area contributed by atoms with Gasteiger partial charge in [0.25, 0.3) is 5.91 Å². The van der Waals surface area contributed by atoms with Gasteiger partial charge in [-0.3, -0.25) is 9.69 Å². The number of carbonyl (C=O) groups excluding carboxylic acids is 2. The van der Waals surface area contributed by atoms with Gasteiger partial charge in [-0.05, 0) is 64.0 Å². The fourth-order valence-electron chi connectivity index (χ4n) is 2.54. The van der Waals surface area contributed by atoms with Crippen LogP contribution in [-0.2, 0) is 9.53 Å². The lowest BCUT2D eigenvalue weighted by Gasteiger charge is -2.14. The van der Waals surface area contributed by atoms with Crippen molar-refractivity contribution in [2.75, 3.05) is 19.1 Å². The van der Waals surface area contributed by atoms with E-state index in [2.05, 4.69) is 20.7 Å². The molecule has 0 atom stereocenters. The third kappa shape index (κ3) is 3.91. The van der Waals surface area contributed by atoms with Crippen LogP contribution in [0.2, 0.25) is 0 Å². The molecule has 1 heterocycles. The molecule has 1 amide bonds. The average Bonchev–Trinajstić information content (AvgIpc) is 2.97. The van der Waals surface area contributed by atoms with E-state index in [1.807, 2.05) is 0 Å². The molecule has 0 aromatic heterocycles. The smallest absolute Gasteiger partial charge is 0.337 e. The second kappa shape index (κ2) is 8.34. The van der Waals surface area contributed by atoms with Crippen molar-refractivity contribution in [2.45, 2.75) is 0 Å². The largest absolute Gasteiger partial charge is 0.503 e. The van der Waals surface area contributed by atoms with Gasteiger partial charge in [0.1, 0.15) is 0 Å². The maximum Gasteiger partial charge on any atom is 0.337 e. The molecule has 3 rings (SSSR count). The molecule has 144 valence electrons. The maximum atomic E-state index is 12.9. The molecule has 1 fully saturated rings. The molecule has 1 N–H and O–H groups in total. The summed E-state index contributed by atoms with van der Waals surface area (Å²) < 4.78 is 10.6. The summed E-state index contributed by atoms with van der Waals surface area (Å²) in [5.41, 5.74) is 1.61. The molecule has 0 radical (unpaired) electrons. The van der Waals surface area contributed by atoms with Crippen molar-refractivity contribution in [3.05, 3.63) is 56.9 Å². The second-order valence-corrected chi connectivity index (χ2v) is 8.14. The van der Waals surface area contributed by atoms with Gasteiger partial charge in [0, 0.05) is 0 Å². The molecule has 1 aliphatic rings. The Kier molecular flexibility index (Phi) is 6.07. The first-order valence-electron chi connectivity index (χ1n) is 7.88. The Hall–Kier alpha value is -2.36. The van der Waals surface area contributed by atoms with Crippen LogP contribution in [0.4, 0.5) is 5.69 Å². The number of anilines is 1. The predicted octanol–water partition coefficient (Wildman–Crippen LogP) is 4.36. The summed E-state index contributed by atoms with van der Waals surface area (Å²) in [6.07, 6.45) is 1.68. The number of thiocarbonyl (C=S) groups is 1. The molecule has 0 saturated carbocycles. The van der Waals surface area contributed by atoms with Crippen LogP contribution in [0.3, 0.4) is 0 Å². The van der Waals surface area contributed by atoms with Crippen LogP contribution in [0.5, 0.6) is 11.5 Å². The first-order valence-corrected chi connectivity index (χ1v) is 9.90. The Labute approximate surface area is 179 Å². The summed E-state index contributed by atoms with van der Waals surface area (Å²) in [6.45, 7) is 0. The van der Waals surface area contributed by atoms with E-state index in [1.165, 1.54) is 30.9 Å². The minimum absolute atomic E-state index is 0.0158. The number of aromatic hydroxyl groups is 1. The number of phenolic OH excluding ortho intramolecular Hbond substituents is 1. The van der Waals surface area contributed by atoms with Crippen LogP contribution in [-0.4, -0.2) is 35.5 Å². The zero-order valence-electron chi connectivity index (χ0n) is 14.8. The van der Waals surface area contributed by atoms with E-state index < -0.39 is 5.97 Å². The highest BCUT2D eigenvalue weighted by Crippen LogP contribution is 2.39. The number of benzene rings is 2. The molecular weight excluding hydrogens is 466 g/mol. The highest BCUT2D eigenvalue weighted by atomic mass is 79.9. The van der Waals surface area contributed by atoms with Crippen LogP contribution in [0.1, 0.15) is 15.9 Å². The third-order valence-corrected chi connectivity index (χ3v) is 5.82.